The minimum atomic E-state index is 0.0235. The lowest BCUT2D eigenvalue weighted by Gasteiger charge is -1.98. The van der Waals surface area contributed by atoms with E-state index in [-0.39, 0.29) is 17.2 Å². The normalized spacial score (nSPS) is 9.89. The molecule has 0 saturated carbocycles. The summed E-state index contributed by atoms with van der Waals surface area (Å²) in [7, 11) is 0. The molecule has 0 aromatic heterocycles. The number of phenolic OH excluding ortho intramolecular Hbond substituents is 3. The molecule has 0 aliphatic carbocycles. The molecular formula is C16H16O3. The second-order valence-corrected chi connectivity index (χ2v) is 3.71. The summed E-state index contributed by atoms with van der Waals surface area (Å²) >= 11 is 0. The van der Waals surface area contributed by atoms with Crippen LogP contribution in [-0.2, 0) is 0 Å². The van der Waals surface area contributed by atoms with Crippen LogP contribution in [0.5, 0.6) is 17.2 Å². The molecular weight excluding hydrogens is 240 g/mol. The predicted octanol–water partition coefficient (Wildman–Crippen LogP) is 3.78. The van der Waals surface area contributed by atoms with Crippen molar-refractivity contribution in [2.45, 2.75) is 0 Å². The van der Waals surface area contributed by atoms with Gasteiger partial charge in [-0.1, -0.05) is 24.3 Å². The van der Waals surface area contributed by atoms with Gasteiger partial charge in [-0.2, -0.15) is 0 Å². The summed E-state index contributed by atoms with van der Waals surface area (Å²) in [5.74, 6) is 0.267. The van der Waals surface area contributed by atoms with E-state index >= 15 is 0 Å². The Morgan fingerprint density at radius 1 is 0.632 bits per heavy atom. The van der Waals surface area contributed by atoms with Crippen molar-refractivity contribution in [3.05, 3.63) is 66.7 Å². The minimum Gasteiger partial charge on any atom is -0.508 e. The Labute approximate surface area is 112 Å². The third-order valence-electron chi connectivity index (χ3n) is 2.29. The molecule has 0 heterocycles. The first-order valence-electron chi connectivity index (χ1n) is 5.63. The predicted molar refractivity (Wildman–Crippen MR) is 78.1 cm³/mol. The van der Waals surface area contributed by atoms with E-state index in [2.05, 4.69) is 13.2 Å². The van der Waals surface area contributed by atoms with E-state index in [1.54, 1.807) is 42.5 Å². The zero-order valence-electron chi connectivity index (χ0n) is 10.5. The highest BCUT2D eigenvalue weighted by atomic mass is 16.3. The topological polar surface area (TPSA) is 60.7 Å². The fourth-order valence-electron chi connectivity index (χ4n) is 1.49. The molecule has 0 bridgehead atoms. The van der Waals surface area contributed by atoms with Gasteiger partial charge in [0.05, 0.1) is 0 Å². The number of hydrogen-bond donors (Lipinski definition) is 3. The number of hydrogen-bond acceptors (Lipinski definition) is 3. The third kappa shape index (κ3) is 4.60. The van der Waals surface area contributed by atoms with E-state index in [1.807, 2.05) is 6.08 Å². The summed E-state index contributed by atoms with van der Waals surface area (Å²) in [5, 5.41) is 27.7. The monoisotopic (exact) mass is 256 g/mol. The number of aromatic hydroxyl groups is 3. The van der Waals surface area contributed by atoms with Gasteiger partial charge < -0.3 is 15.3 Å². The first-order chi connectivity index (χ1) is 9.13. The van der Waals surface area contributed by atoms with Crippen LogP contribution in [0.4, 0.5) is 0 Å². The molecule has 2 aromatic carbocycles. The molecule has 19 heavy (non-hydrogen) atoms. The second-order valence-electron chi connectivity index (χ2n) is 3.71. The van der Waals surface area contributed by atoms with Crippen LogP contribution in [0.1, 0.15) is 11.1 Å². The molecule has 3 N–H and O–H groups in total. The standard InChI is InChI=1S/C14H12O3.C2H4/c15-12-5-3-10(4-6-12)1-2-11-7-13(16)9-14(17)8-11;1-2/h1-9,15-17H;1-2H2. The Kier molecular flexibility index (Phi) is 5.23. The summed E-state index contributed by atoms with van der Waals surface area (Å²) in [6, 6.07) is 11.1. The van der Waals surface area contributed by atoms with Gasteiger partial charge in [0.1, 0.15) is 17.2 Å². The van der Waals surface area contributed by atoms with Crippen LogP contribution < -0.4 is 0 Å². The van der Waals surface area contributed by atoms with Crippen molar-refractivity contribution in [1.29, 1.82) is 0 Å². The van der Waals surface area contributed by atoms with Gasteiger partial charge >= 0.3 is 0 Å². The maximum atomic E-state index is 9.30. The fourth-order valence-corrected chi connectivity index (χ4v) is 1.49. The molecule has 0 atom stereocenters. The molecule has 3 nitrogen and oxygen atoms in total. The molecule has 2 aromatic rings. The Morgan fingerprint density at radius 2 is 1.11 bits per heavy atom. The molecule has 0 unspecified atom stereocenters. The Balaban J connectivity index is 0.000000861. The summed E-state index contributed by atoms with van der Waals surface area (Å²) < 4.78 is 0. The maximum Gasteiger partial charge on any atom is 0.119 e. The Bertz CT molecular complexity index is 536. The maximum absolute atomic E-state index is 9.30. The van der Waals surface area contributed by atoms with Crippen molar-refractivity contribution in [1.82, 2.24) is 0 Å². The third-order valence-corrected chi connectivity index (χ3v) is 2.29. The highest BCUT2D eigenvalue weighted by Gasteiger charge is 1.95. The molecule has 0 radical (unpaired) electrons. The van der Waals surface area contributed by atoms with Crippen molar-refractivity contribution in [3.8, 4) is 17.2 Å². The fraction of sp³-hybridized carbons (Fsp3) is 0. The van der Waals surface area contributed by atoms with Gasteiger partial charge in [-0.05, 0) is 35.4 Å². The van der Waals surface area contributed by atoms with Crippen LogP contribution in [0.3, 0.4) is 0 Å². The zero-order chi connectivity index (χ0) is 14.3. The van der Waals surface area contributed by atoms with Crippen molar-refractivity contribution >= 4 is 12.2 Å². The van der Waals surface area contributed by atoms with Crippen LogP contribution in [0, 0.1) is 0 Å². The molecule has 98 valence electrons. The van der Waals surface area contributed by atoms with E-state index in [0.717, 1.165) is 5.56 Å². The van der Waals surface area contributed by atoms with Gasteiger partial charge in [-0.25, -0.2) is 0 Å². The molecule has 0 saturated heterocycles. The van der Waals surface area contributed by atoms with Gasteiger partial charge in [0.2, 0.25) is 0 Å². The van der Waals surface area contributed by atoms with E-state index in [4.69, 9.17) is 5.11 Å². The zero-order valence-corrected chi connectivity index (χ0v) is 10.5. The van der Waals surface area contributed by atoms with E-state index in [0.29, 0.717) is 5.56 Å². The average Bonchev–Trinajstić information content (AvgIpc) is 2.39. The van der Waals surface area contributed by atoms with Gasteiger partial charge in [0, 0.05) is 6.07 Å². The quantitative estimate of drug-likeness (QED) is 0.566. The van der Waals surface area contributed by atoms with Crippen molar-refractivity contribution < 1.29 is 15.3 Å². The smallest absolute Gasteiger partial charge is 0.119 e. The van der Waals surface area contributed by atoms with Gasteiger partial charge in [0.15, 0.2) is 0 Å². The van der Waals surface area contributed by atoms with Crippen molar-refractivity contribution in [2.75, 3.05) is 0 Å². The Hall–Kier alpha value is -2.68. The SMILES string of the molecule is C=C.Oc1ccc(C=Cc2cc(O)cc(O)c2)cc1. The molecule has 0 fully saturated rings. The molecule has 0 aliphatic rings. The van der Waals surface area contributed by atoms with Crippen LogP contribution in [0.2, 0.25) is 0 Å². The van der Waals surface area contributed by atoms with Crippen LogP contribution in [0.15, 0.2) is 55.6 Å². The highest BCUT2D eigenvalue weighted by molar-refractivity contribution is 5.71. The first-order valence-corrected chi connectivity index (χ1v) is 5.63. The van der Waals surface area contributed by atoms with Crippen LogP contribution >= 0.6 is 0 Å². The average molecular weight is 256 g/mol. The first kappa shape index (κ1) is 14.4. The summed E-state index contributed by atoms with van der Waals surface area (Å²) in [5.41, 5.74) is 1.63. The van der Waals surface area contributed by atoms with Gasteiger partial charge in [-0.3, -0.25) is 0 Å². The molecule has 2 rings (SSSR count). The second kappa shape index (κ2) is 6.91. The van der Waals surface area contributed by atoms with Crippen molar-refractivity contribution in [2.24, 2.45) is 0 Å². The lowest BCUT2D eigenvalue weighted by atomic mass is 10.1. The lowest BCUT2D eigenvalue weighted by Crippen LogP contribution is -1.74. The van der Waals surface area contributed by atoms with Crippen molar-refractivity contribution in [3.63, 3.8) is 0 Å². The van der Waals surface area contributed by atoms with Crippen LogP contribution in [-0.4, -0.2) is 15.3 Å². The van der Waals surface area contributed by atoms with Gasteiger partial charge in [0.25, 0.3) is 0 Å². The molecule has 0 aliphatic heterocycles. The van der Waals surface area contributed by atoms with Crippen LogP contribution in [0.25, 0.3) is 12.2 Å². The summed E-state index contributed by atoms with van der Waals surface area (Å²) in [6.45, 7) is 6.00. The Morgan fingerprint density at radius 3 is 1.63 bits per heavy atom. The highest BCUT2D eigenvalue weighted by Crippen LogP contribution is 2.22. The van der Waals surface area contributed by atoms with E-state index in [1.165, 1.54) is 6.07 Å². The minimum absolute atomic E-state index is 0.0235. The number of benzene rings is 2. The largest absolute Gasteiger partial charge is 0.508 e. The number of rotatable bonds is 2. The van der Waals surface area contributed by atoms with Gasteiger partial charge in [-0.15, -0.1) is 13.2 Å². The van der Waals surface area contributed by atoms with E-state index < -0.39 is 0 Å². The molecule has 0 spiro atoms. The molecule has 0 amide bonds. The lowest BCUT2D eigenvalue weighted by molar-refractivity contribution is 0.450. The van der Waals surface area contributed by atoms with E-state index in [9.17, 15) is 10.2 Å². The molecule has 3 heteroatoms. The summed E-state index contributed by atoms with van der Waals surface area (Å²) in [6.07, 6.45) is 3.60. The number of phenols is 3. The summed E-state index contributed by atoms with van der Waals surface area (Å²) in [4.78, 5) is 0.